The van der Waals surface area contributed by atoms with Crippen LogP contribution in [-0.2, 0) is 14.6 Å². The molecule has 0 amide bonds. The van der Waals surface area contributed by atoms with Crippen molar-refractivity contribution in [2.45, 2.75) is 42.7 Å². The molecular formula is C19H24FN5O3S. The maximum atomic E-state index is 14.3. The van der Waals surface area contributed by atoms with Crippen molar-refractivity contribution in [2.24, 2.45) is 5.73 Å². The van der Waals surface area contributed by atoms with Crippen molar-refractivity contribution in [3.8, 4) is 0 Å². The molecule has 4 rings (SSSR count). The molecule has 2 aromatic rings. The number of sulfone groups is 1. The Morgan fingerprint density at radius 1 is 1.31 bits per heavy atom. The largest absolute Gasteiger partial charge is 0.372 e. The minimum Gasteiger partial charge on any atom is -0.372 e. The average Bonchev–Trinajstić information content (AvgIpc) is 2.96. The van der Waals surface area contributed by atoms with Gasteiger partial charge in [0.15, 0.2) is 15.7 Å². The Morgan fingerprint density at radius 2 is 2.03 bits per heavy atom. The first-order valence-corrected chi connectivity index (χ1v) is 10.9. The van der Waals surface area contributed by atoms with Crippen LogP contribution in [0.1, 0.15) is 30.6 Å². The SMILES string of the molecule is Cc1nc2c(c(N3CCOC(C)(C)C3)n1)NC(N)C2S(=O)(=O)c1ccccc1F. The van der Waals surface area contributed by atoms with Gasteiger partial charge in [-0.2, -0.15) is 0 Å². The van der Waals surface area contributed by atoms with Gasteiger partial charge in [0.1, 0.15) is 27.5 Å². The highest BCUT2D eigenvalue weighted by Gasteiger charge is 2.45. The predicted octanol–water partition coefficient (Wildman–Crippen LogP) is 1.76. The van der Waals surface area contributed by atoms with E-state index < -0.39 is 27.1 Å². The van der Waals surface area contributed by atoms with Crippen LogP contribution in [-0.4, -0.2) is 49.8 Å². The van der Waals surface area contributed by atoms with Gasteiger partial charge in [-0.3, -0.25) is 0 Å². The van der Waals surface area contributed by atoms with Gasteiger partial charge in [-0.1, -0.05) is 12.1 Å². The number of ether oxygens (including phenoxy) is 1. The van der Waals surface area contributed by atoms with Gasteiger partial charge in [0.25, 0.3) is 0 Å². The summed E-state index contributed by atoms with van der Waals surface area (Å²) >= 11 is 0. The smallest absolute Gasteiger partial charge is 0.193 e. The molecule has 3 N–H and O–H groups in total. The molecule has 1 aromatic carbocycles. The topological polar surface area (TPSA) is 110 Å². The number of rotatable bonds is 3. The second-order valence-electron chi connectivity index (χ2n) is 7.95. The number of hydrogen-bond acceptors (Lipinski definition) is 8. The van der Waals surface area contributed by atoms with Gasteiger partial charge in [-0.25, -0.2) is 22.8 Å². The quantitative estimate of drug-likeness (QED) is 0.771. The van der Waals surface area contributed by atoms with Crippen LogP contribution in [0.15, 0.2) is 29.2 Å². The number of hydrogen-bond donors (Lipinski definition) is 2. The van der Waals surface area contributed by atoms with E-state index in [-0.39, 0.29) is 16.2 Å². The number of nitrogens with zero attached hydrogens (tertiary/aromatic N) is 3. The van der Waals surface area contributed by atoms with Gasteiger partial charge in [0.2, 0.25) is 0 Å². The minimum atomic E-state index is -4.12. The van der Waals surface area contributed by atoms with Gasteiger partial charge >= 0.3 is 0 Å². The van der Waals surface area contributed by atoms with Gasteiger partial charge < -0.3 is 20.7 Å². The van der Waals surface area contributed by atoms with Crippen molar-refractivity contribution in [3.05, 3.63) is 41.6 Å². The van der Waals surface area contributed by atoms with Crippen molar-refractivity contribution in [1.29, 1.82) is 0 Å². The van der Waals surface area contributed by atoms with Crippen LogP contribution in [0.2, 0.25) is 0 Å². The summed E-state index contributed by atoms with van der Waals surface area (Å²) in [6.45, 7) is 7.38. The summed E-state index contributed by atoms with van der Waals surface area (Å²) in [4.78, 5) is 10.6. The number of fused-ring (bicyclic) bond motifs is 1. The third-order valence-electron chi connectivity index (χ3n) is 5.14. The second-order valence-corrected chi connectivity index (χ2v) is 9.99. The normalized spacial score (nSPS) is 23.6. The fraction of sp³-hybridized carbons (Fsp3) is 0.474. The zero-order chi connectivity index (χ0) is 21.0. The molecule has 29 heavy (non-hydrogen) atoms. The third-order valence-corrected chi connectivity index (χ3v) is 7.27. The second kappa shape index (κ2) is 6.89. The standard InChI is InChI=1S/C19H24FN5O3S/c1-11-22-14-15(18(23-11)25-8-9-28-19(2,3)10-25)24-17(21)16(14)29(26,27)13-7-5-4-6-12(13)20/h4-7,16-17,24H,8-10,21H2,1-3H3. The van der Waals surface area contributed by atoms with Gasteiger partial charge in [0, 0.05) is 13.1 Å². The number of aryl methyl sites for hydroxylation is 1. The lowest BCUT2D eigenvalue weighted by Gasteiger charge is -2.39. The number of nitrogens with two attached hydrogens (primary N) is 1. The Hall–Kier alpha value is -2.30. The molecule has 0 spiro atoms. The van der Waals surface area contributed by atoms with E-state index in [4.69, 9.17) is 10.5 Å². The predicted molar refractivity (Wildman–Crippen MR) is 107 cm³/mol. The summed E-state index contributed by atoms with van der Waals surface area (Å²) in [7, 11) is -4.12. The molecule has 0 aliphatic carbocycles. The highest BCUT2D eigenvalue weighted by atomic mass is 32.2. The van der Waals surface area contributed by atoms with Crippen LogP contribution in [0.25, 0.3) is 0 Å². The number of anilines is 2. The molecule has 8 nitrogen and oxygen atoms in total. The molecule has 2 aliphatic rings. The maximum absolute atomic E-state index is 14.3. The third kappa shape index (κ3) is 3.45. The molecule has 1 aromatic heterocycles. The van der Waals surface area contributed by atoms with Gasteiger partial charge in [-0.05, 0) is 32.9 Å². The van der Waals surface area contributed by atoms with E-state index in [1.165, 1.54) is 18.2 Å². The number of halogens is 1. The lowest BCUT2D eigenvalue weighted by atomic mass is 10.1. The maximum Gasteiger partial charge on any atom is 0.193 e. The summed E-state index contributed by atoms with van der Waals surface area (Å²) in [6, 6.07) is 5.29. The number of benzene rings is 1. The van der Waals surface area contributed by atoms with Gasteiger partial charge in [-0.15, -0.1) is 0 Å². The minimum absolute atomic E-state index is 0.271. The summed E-state index contributed by atoms with van der Waals surface area (Å²) in [6.07, 6.45) is -0.974. The zero-order valence-corrected chi connectivity index (χ0v) is 17.3. The molecule has 10 heteroatoms. The van der Waals surface area contributed by atoms with Gasteiger partial charge in [0.05, 0.1) is 24.1 Å². The fourth-order valence-corrected chi connectivity index (χ4v) is 5.71. The van der Waals surface area contributed by atoms with E-state index in [1.54, 1.807) is 6.92 Å². The molecule has 2 atom stereocenters. The molecular weight excluding hydrogens is 397 g/mol. The van der Waals surface area contributed by atoms with Crippen molar-refractivity contribution in [2.75, 3.05) is 29.9 Å². The van der Waals surface area contributed by atoms with E-state index in [9.17, 15) is 12.8 Å². The highest BCUT2D eigenvalue weighted by Crippen LogP contribution is 2.44. The summed E-state index contributed by atoms with van der Waals surface area (Å²) in [5, 5.41) is 1.81. The number of nitrogens with one attached hydrogen (secondary N) is 1. The molecule has 2 aliphatic heterocycles. The zero-order valence-electron chi connectivity index (χ0n) is 16.5. The van der Waals surface area contributed by atoms with E-state index in [2.05, 4.69) is 15.3 Å². The van der Waals surface area contributed by atoms with Crippen LogP contribution in [0.3, 0.4) is 0 Å². The van der Waals surface area contributed by atoms with Crippen molar-refractivity contribution in [1.82, 2.24) is 9.97 Å². The lowest BCUT2D eigenvalue weighted by Crippen LogP contribution is -2.49. The Bertz CT molecular complexity index is 1060. The van der Waals surface area contributed by atoms with Crippen LogP contribution in [0.4, 0.5) is 15.9 Å². The number of aromatic nitrogens is 2. The molecule has 156 valence electrons. The van der Waals surface area contributed by atoms with Crippen molar-refractivity contribution in [3.63, 3.8) is 0 Å². The average molecular weight is 421 g/mol. The summed E-state index contributed by atoms with van der Waals surface area (Å²) in [5.41, 5.74) is 6.56. The summed E-state index contributed by atoms with van der Waals surface area (Å²) < 4.78 is 46.6. The first-order valence-electron chi connectivity index (χ1n) is 9.38. The molecule has 0 bridgehead atoms. The Balaban J connectivity index is 1.82. The van der Waals surface area contributed by atoms with Crippen LogP contribution >= 0.6 is 0 Å². The van der Waals surface area contributed by atoms with E-state index >= 15 is 0 Å². The van der Waals surface area contributed by atoms with E-state index in [1.807, 2.05) is 18.7 Å². The van der Waals surface area contributed by atoms with E-state index in [0.29, 0.717) is 37.0 Å². The van der Waals surface area contributed by atoms with E-state index in [0.717, 1.165) is 6.07 Å². The first-order chi connectivity index (χ1) is 13.6. The Labute approximate surface area is 169 Å². The Kier molecular flexibility index (Phi) is 4.75. The van der Waals surface area contributed by atoms with Crippen molar-refractivity contribution >= 4 is 21.3 Å². The summed E-state index contributed by atoms with van der Waals surface area (Å²) in [5.74, 6) is 0.201. The Morgan fingerprint density at radius 3 is 2.72 bits per heavy atom. The monoisotopic (exact) mass is 421 g/mol. The molecule has 1 saturated heterocycles. The van der Waals surface area contributed by atoms with Crippen molar-refractivity contribution < 1.29 is 17.5 Å². The molecule has 3 heterocycles. The fourth-order valence-electron chi connectivity index (χ4n) is 3.91. The molecule has 2 unspecified atom stereocenters. The first kappa shape index (κ1) is 20.0. The highest BCUT2D eigenvalue weighted by molar-refractivity contribution is 7.91. The molecule has 1 fully saturated rings. The molecule has 0 radical (unpaired) electrons. The van der Waals surface area contributed by atoms with Crippen LogP contribution in [0, 0.1) is 12.7 Å². The van der Waals surface area contributed by atoms with Crippen LogP contribution in [0.5, 0.6) is 0 Å². The lowest BCUT2D eigenvalue weighted by molar-refractivity contribution is -0.0278. The number of morpholine rings is 1. The van der Waals surface area contributed by atoms with Crippen LogP contribution < -0.4 is 16.0 Å². The molecule has 0 saturated carbocycles.